The van der Waals surface area contributed by atoms with Gasteiger partial charge in [0, 0.05) is 11.3 Å². The number of anilines is 1. The van der Waals surface area contributed by atoms with Gasteiger partial charge < -0.3 is 5.73 Å². The smallest absolute Gasteiger partial charge is 0.189 e. The summed E-state index contributed by atoms with van der Waals surface area (Å²) < 4.78 is 14.8. The molecule has 3 rings (SSSR count). The molecule has 6 heteroatoms. The average molecular weight is 283 g/mol. The van der Waals surface area contributed by atoms with E-state index in [4.69, 9.17) is 5.73 Å². The summed E-state index contributed by atoms with van der Waals surface area (Å²) in [7, 11) is 0. The topological polar surface area (TPSA) is 69.6 Å². The minimum atomic E-state index is -0.291. The molecule has 0 aliphatic carbocycles. The van der Waals surface area contributed by atoms with Crippen LogP contribution in [0, 0.1) is 19.7 Å². The SMILES string of the molecule is Cc1ccc(N)c(-c2nnnn2-c2ccc(F)cc2C)c1. The molecule has 0 unspecified atom stereocenters. The number of nitrogens with zero attached hydrogens (tertiary/aromatic N) is 4. The van der Waals surface area contributed by atoms with Gasteiger partial charge in [-0.15, -0.1) is 5.10 Å². The van der Waals surface area contributed by atoms with E-state index in [2.05, 4.69) is 15.5 Å². The second-order valence-electron chi connectivity index (χ2n) is 4.94. The molecule has 106 valence electrons. The third kappa shape index (κ3) is 2.35. The van der Waals surface area contributed by atoms with Crippen LogP contribution in [0.25, 0.3) is 17.1 Å². The molecule has 1 heterocycles. The number of halogens is 1. The highest BCUT2D eigenvalue weighted by Crippen LogP contribution is 2.27. The maximum Gasteiger partial charge on any atom is 0.189 e. The van der Waals surface area contributed by atoms with Crippen molar-refractivity contribution in [3.05, 3.63) is 53.3 Å². The second-order valence-corrected chi connectivity index (χ2v) is 4.94. The number of hydrogen-bond acceptors (Lipinski definition) is 4. The summed E-state index contributed by atoms with van der Waals surface area (Å²) in [4.78, 5) is 0. The monoisotopic (exact) mass is 283 g/mol. The van der Waals surface area contributed by atoms with E-state index in [0.29, 0.717) is 11.5 Å². The highest BCUT2D eigenvalue weighted by Gasteiger charge is 2.15. The lowest BCUT2D eigenvalue weighted by molar-refractivity contribution is 0.625. The molecule has 1 aromatic heterocycles. The zero-order valence-electron chi connectivity index (χ0n) is 11.7. The highest BCUT2D eigenvalue weighted by molar-refractivity contribution is 5.73. The van der Waals surface area contributed by atoms with E-state index in [9.17, 15) is 4.39 Å². The maximum atomic E-state index is 13.2. The lowest BCUT2D eigenvalue weighted by atomic mass is 10.1. The van der Waals surface area contributed by atoms with Gasteiger partial charge in [-0.25, -0.2) is 4.39 Å². The molecule has 0 radical (unpaired) electrons. The number of tetrazole rings is 1. The molecule has 0 aliphatic rings. The molecule has 5 nitrogen and oxygen atoms in total. The number of rotatable bonds is 2. The van der Waals surface area contributed by atoms with Gasteiger partial charge in [0.05, 0.1) is 5.69 Å². The van der Waals surface area contributed by atoms with Crippen molar-refractivity contribution in [2.24, 2.45) is 0 Å². The molecular formula is C15H14FN5. The normalized spacial score (nSPS) is 10.8. The van der Waals surface area contributed by atoms with Crippen LogP contribution in [-0.2, 0) is 0 Å². The Morgan fingerprint density at radius 3 is 2.67 bits per heavy atom. The molecule has 0 bridgehead atoms. The minimum absolute atomic E-state index is 0.291. The van der Waals surface area contributed by atoms with E-state index in [-0.39, 0.29) is 5.82 Å². The van der Waals surface area contributed by atoms with Crippen molar-refractivity contribution in [1.29, 1.82) is 0 Å². The predicted octanol–water partition coefficient (Wildman–Crippen LogP) is 2.67. The number of nitrogen functional groups attached to an aromatic ring is 1. The van der Waals surface area contributed by atoms with Crippen LogP contribution in [0.5, 0.6) is 0 Å². The summed E-state index contributed by atoms with van der Waals surface area (Å²) in [5.41, 5.74) is 9.89. The number of aryl methyl sites for hydroxylation is 2. The molecule has 0 saturated carbocycles. The van der Waals surface area contributed by atoms with Crippen LogP contribution in [0.1, 0.15) is 11.1 Å². The van der Waals surface area contributed by atoms with Gasteiger partial charge in [0.1, 0.15) is 5.82 Å². The first-order valence-corrected chi connectivity index (χ1v) is 6.47. The summed E-state index contributed by atoms with van der Waals surface area (Å²) in [6.07, 6.45) is 0. The van der Waals surface area contributed by atoms with Gasteiger partial charge in [-0.2, -0.15) is 4.68 Å². The van der Waals surface area contributed by atoms with Gasteiger partial charge in [0.2, 0.25) is 0 Å². The van der Waals surface area contributed by atoms with Gasteiger partial charge in [0.25, 0.3) is 0 Å². The van der Waals surface area contributed by atoms with E-state index in [0.717, 1.165) is 22.4 Å². The number of benzene rings is 2. The van der Waals surface area contributed by atoms with E-state index in [1.54, 1.807) is 10.7 Å². The average Bonchev–Trinajstić information content (AvgIpc) is 2.90. The fourth-order valence-corrected chi connectivity index (χ4v) is 2.24. The predicted molar refractivity (Wildman–Crippen MR) is 78.4 cm³/mol. The Labute approximate surface area is 121 Å². The molecule has 2 N–H and O–H groups in total. The van der Waals surface area contributed by atoms with E-state index >= 15 is 0 Å². The molecule has 0 spiro atoms. The fourth-order valence-electron chi connectivity index (χ4n) is 2.24. The van der Waals surface area contributed by atoms with Crippen molar-refractivity contribution >= 4 is 5.69 Å². The summed E-state index contributed by atoms with van der Waals surface area (Å²) in [6.45, 7) is 3.78. The fraction of sp³-hybridized carbons (Fsp3) is 0.133. The summed E-state index contributed by atoms with van der Waals surface area (Å²) in [5, 5.41) is 11.8. The van der Waals surface area contributed by atoms with Crippen LogP contribution in [0.15, 0.2) is 36.4 Å². The van der Waals surface area contributed by atoms with Crippen LogP contribution in [0.4, 0.5) is 10.1 Å². The Balaban J connectivity index is 2.19. The van der Waals surface area contributed by atoms with E-state index in [1.165, 1.54) is 12.1 Å². The Bertz CT molecular complexity index is 810. The standard InChI is InChI=1S/C15H14FN5/c1-9-3-5-13(17)12(7-9)15-18-19-20-21(15)14-6-4-11(16)8-10(14)2/h3-8H,17H2,1-2H3. The lowest BCUT2D eigenvalue weighted by Crippen LogP contribution is -2.04. The van der Waals surface area contributed by atoms with Gasteiger partial charge in [-0.3, -0.25) is 0 Å². The van der Waals surface area contributed by atoms with Gasteiger partial charge in [-0.05, 0) is 60.2 Å². The molecule has 0 fully saturated rings. The number of nitrogens with two attached hydrogens (primary N) is 1. The van der Waals surface area contributed by atoms with Crippen molar-refractivity contribution in [2.45, 2.75) is 13.8 Å². The van der Waals surface area contributed by atoms with E-state index < -0.39 is 0 Å². The molecule has 2 aromatic carbocycles. The van der Waals surface area contributed by atoms with Crippen molar-refractivity contribution < 1.29 is 4.39 Å². The van der Waals surface area contributed by atoms with Crippen LogP contribution < -0.4 is 5.73 Å². The van der Waals surface area contributed by atoms with Crippen LogP contribution >= 0.6 is 0 Å². The van der Waals surface area contributed by atoms with E-state index in [1.807, 2.05) is 32.0 Å². The van der Waals surface area contributed by atoms with Crippen molar-refractivity contribution in [2.75, 3.05) is 5.73 Å². The zero-order valence-corrected chi connectivity index (χ0v) is 11.7. The minimum Gasteiger partial charge on any atom is -0.398 e. The summed E-state index contributed by atoms with van der Waals surface area (Å²) in [6, 6.07) is 10.2. The third-order valence-electron chi connectivity index (χ3n) is 3.31. The molecular weight excluding hydrogens is 269 g/mol. The van der Waals surface area contributed by atoms with Gasteiger partial charge in [-0.1, -0.05) is 11.6 Å². The Kier molecular flexibility index (Phi) is 3.13. The Morgan fingerprint density at radius 2 is 1.90 bits per heavy atom. The van der Waals surface area contributed by atoms with Crippen LogP contribution in [0.2, 0.25) is 0 Å². The summed E-state index contributed by atoms with van der Waals surface area (Å²) in [5.74, 6) is 0.242. The van der Waals surface area contributed by atoms with Crippen molar-refractivity contribution in [3.8, 4) is 17.1 Å². The van der Waals surface area contributed by atoms with Gasteiger partial charge in [0.15, 0.2) is 5.82 Å². The Hall–Kier alpha value is -2.76. The first kappa shape index (κ1) is 13.2. The largest absolute Gasteiger partial charge is 0.398 e. The first-order chi connectivity index (χ1) is 10.1. The lowest BCUT2D eigenvalue weighted by Gasteiger charge is -2.10. The second kappa shape index (κ2) is 4.97. The number of hydrogen-bond donors (Lipinski definition) is 1. The molecule has 21 heavy (non-hydrogen) atoms. The molecule has 3 aromatic rings. The third-order valence-corrected chi connectivity index (χ3v) is 3.31. The maximum absolute atomic E-state index is 13.2. The van der Waals surface area contributed by atoms with Gasteiger partial charge >= 0.3 is 0 Å². The Morgan fingerprint density at radius 1 is 1.10 bits per heavy atom. The molecule has 0 atom stereocenters. The molecule has 0 saturated heterocycles. The van der Waals surface area contributed by atoms with Crippen LogP contribution in [0.3, 0.4) is 0 Å². The molecule has 0 amide bonds. The first-order valence-electron chi connectivity index (χ1n) is 6.47. The quantitative estimate of drug-likeness (QED) is 0.734. The molecule has 0 aliphatic heterocycles. The van der Waals surface area contributed by atoms with Crippen LogP contribution in [-0.4, -0.2) is 20.2 Å². The number of aromatic nitrogens is 4. The summed E-state index contributed by atoms with van der Waals surface area (Å²) >= 11 is 0. The highest BCUT2D eigenvalue weighted by atomic mass is 19.1. The van der Waals surface area contributed by atoms with Crippen molar-refractivity contribution in [1.82, 2.24) is 20.2 Å². The van der Waals surface area contributed by atoms with Crippen molar-refractivity contribution in [3.63, 3.8) is 0 Å². The zero-order chi connectivity index (χ0) is 15.0.